The van der Waals surface area contributed by atoms with Crippen LogP contribution in [0.1, 0.15) is 0 Å². The van der Waals surface area contributed by atoms with Crippen LogP contribution in [0.3, 0.4) is 0 Å². The van der Waals surface area contributed by atoms with E-state index in [1.165, 1.54) is 20.8 Å². The molecule has 0 radical (unpaired) electrons. The number of fused-ring (bicyclic) bond motifs is 1. The first-order chi connectivity index (χ1) is 8.58. The van der Waals surface area contributed by atoms with Gasteiger partial charge in [0.2, 0.25) is 18.6 Å². The highest BCUT2D eigenvalue weighted by molar-refractivity contribution is 6.98. The monoisotopic (exact) mass is 401 g/mol. The Morgan fingerprint density at radius 1 is 1.33 bits per heavy atom. The van der Waals surface area contributed by atoms with Gasteiger partial charge in [-0.1, -0.05) is 6.55 Å². The molecule has 106 valence electrons. The molecule has 2 aliphatic heterocycles. The Hall–Kier alpha value is 1.67. The zero-order valence-electron chi connectivity index (χ0n) is 12.0. The van der Waals surface area contributed by atoms with Crippen molar-refractivity contribution in [2.45, 2.75) is 6.55 Å². The second kappa shape index (κ2) is 7.09. The van der Waals surface area contributed by atoms with Crippen LogP contribution in [0.25, 0.3) is 0 Å². The van der Waals surface area contributed by atoms with Crippen molar-refractivity contribution in [3.63, 3.8) is 0 Å². The highest BCUT2D eigenvalue weighted by Crippen LogP contribution is 2.18. The van der Waals surface area contributed by atoms with Crippen LogP contribution < -0.4 is 10.0 Å². The molecule has 0 aliphatic carbocycles. The molecule has 0 bridgehead atoms. The molecular weight excluding hydrogens is 375 g/mol. The first kappa shape index (κ1) is 16.0. The van der Waals surface area contributed by atoms with Gasteiger partial charge in [-0.05, 0) is 7.05 Å². The van der Waals surface area contributed by atoms with Crippen LogP contribution in [0.2, 0.25) is 6.55 Å². The molecule has 0 spiro atoms. The zero-order chi connectivity index (χ0) is 13.3. The fraction of sp³-hybridized carbons (Fsp3) is 1.00. The van der Waals surface area contributed by atoms with Gasteiger partial charge < -0.3 is 29.9 Å². The summed E-state index contributed by atoms with van der Waals surface area (Å²) in [6, 6.07) is 0. The van der Waals surface area contributed by atoms with E-state index in [0.717, 1.165) is 0 Å². The van der Waals surface area contributed by atoms with E-state index in [0.29, 0.717) is 0 Å². The molecule has 7 nitrogen and oxygen atoms in total. The lowest BCUT2D eigenvalue weighted by Gasteiger charge is -2.61. The third kappa shape index (κ3) is 3.28. The van der Waals surface area contributed by atoms with Gasteiger partial charge in [-0.25, -0.2) is 0 Å². The molecule has 0 aromatic heterocycles. The van der Waals surface area contributed by atoms with E-state index >= 15 is 0 Å². The lowest BCUT2D eigenvalue weighted by Crippen LogP contribution is -2.89. The summed E-state index contributed by atoms with van der Waals surface area (Å²) in [4.78, 5) is 0. The van der Waals surface area contributed by atoms with Gasteiger partial charge in [0, 0.05) is 0 Å². The van der Waals surface area contributed by atoms with E-state index < -0.39 is 18.6 Å². The van der Waals surface area contributed by atoms with Crippen LogP contribution in [0.5, 0.6) is 0 Å². The Morgan fingerprint density at radius 3 is 2.61 bits per heavy atom. The summed E-state index contributed by atoms with van der Waals surface area (Å²) in [7, 11) is 2.90. The van der Waals surface area contributed by atoms with Crippen molar-refractivity contribution in [2.24, 2.45) is 5.40 Å². The van der Waals surface area contributed by atoms with Crippen LogP contribution in [0.15, 0.2) is 0 Å². The highest BCUT2D eigenvalue weighted by atomic mass is 28.5. The zero-order valence-corrected chi connectivity index (χ0v) is 25.4. The minimum absolute atomic E-state index is 0.0132. The molecule has 2 aliphatic rings. The second-order valence-electron chi connectivity index (χ2n) is 5.32. The Balaban J connectivity index is 1.91. The number of rotatable bonds is 5. The summed E-state index contributed by atoms with van der Waals surface area (Å²) < 4.78 is 18.4. The number of nitrogens with one attached hydrogen (secondary N) is 1. The smallest absolute Gasteiger partial charge is 0.241 e. The minimum atomic E-state index is -0.835. The van der Waals surface area contributed by atoms with Gasteiger partial charge in [0.25, 0.3) is 0 Å². The average molecular weight is 402 g/mol. The average Bonchev–Trinajstić information content (AvgIpc) is 2.31. The van der Waals surface area contributed by atoms with Crippen molar-refractivity contribution >= 4 is 88.4 Å². The van der Waals surface area contributed by atoms with Gasteiger partial charge in [0.1, 0.15) is 0 Å². The Kier molecular flexibility index (Phi) is 6.32. The molecule has 2 atom stereocenters. The maximum atomic E-state index is 5.96. The second-order valence-corrected chi connectivity index (χ2v) is 34.5. The summed E-state index contributed by atoms with van der Waals surface area (Å²) in [5, 5.41) is 5.96. The lowest BCUT2D eigenvalue weighted by molar-refractivity contribution is 0.558. The number of nitrogens with zero attached hydrogens (tertiary/aromatic N) is 5. The number of hydrogen-bond donors (Lipinski definition) is 2. The van der Waals surface area contributed by atoms with Crippen LogP contribution in [-0.4, -0.2) is 115 Å². The molecule has 3 N–H and O–H groups in total. The lowest BCUT2D eigenvalue weighted by atomic mass is 11.6. The molecule has 2 fully saturated rings. The van der Waals surface area contributed by atoms with Crippen molar-refractivity contribution in [3.05, 3.63) is 0 Å². The van der Waals surface area contributed by atoms with Gasteiger partial charge in [-0.2, -0.15) is 0 Å². The molecule has 16 heteroatoms. The predicted molar refractivity (Wildman–Crippen MR) is 105 cm³/mol. The largest absolute Gasteiger partial charge is 0.359 e. The van der Waals surface area contributed by atoms with E-state index in [9.17, 15) is 0 Å². The molecule has 0 saturated carbocycles. The molecule has 2 unspecified atom stereocenters. The molecule has 18 heavy (non-hydrogen) atoms. The van der Waals surface area contributed by atoms with Crippen LogP contribution in [0, 0.1) is 0 Å². The van der Waals surface area contributed by atoms with E-state index in [-0.39, 0.29) is 49.1 Å². The van der Waals surface area contributed by atoms with Gasteiger partial charge in [0.15, 0.2) is 39.4 Å². The number of nitrogens with two attached hydrogens (primary N) is 1. The Bertz CT molecular complexity index is 278. The topological polar surface area (TPSA) is 54.3 Å². The summed E-state index contributed by atoms with van der Waals surface area (Å²) in [6.45, 7) is 2.40. The van der Waals surface area contributed by atoms with Crippen LogP contribution in [0.4, 0.5) is 0 Å². The van der Waals surface area contributed by atoms with E-state index in [4.69, 9.17) is 5.40 Å². The summed E-state index contributed by atoms with van der Waals surface area (Å²) >= 11 is 0. The quantitative estimate of drug-likeness (QED) is 0.444. The molecular formula is C2H27N7Si9. The van der Waals surface area contributed by atoms with Crippen LogP contribution in [-0.2, 0) is 0 Å². The summed E-state index contributed by atoms with van der Waals surface area (Å²) in [6.07, 6.45) is 0. The fourth-order valence-electron chi connectivity index (χ4n) is 2.90. The van der Waals surface area contributed by atoms with E-state index in [1.54, 1.807) is 0 Å². The molecule has 0 amide bonds. The van der Waals surface area contributed by atoms with E-state index in [2.05, 4.69) is 38.1 Å². The van der Waals surface area contributed by atoms with Crippen molar-refractivity contribution in [1.82, 2.24) is 24.5 Å². The molecule has 0 aromatic carbocycles. The minimum Gasteiger partial charge on any atom is -0.359 e. The third-order valence-corrected chi connectivity index (χ3v) is 32.4. The van der Waals surface area contributed by atoms with Crippen molar-refractivity contribution in [1.29, 1.82) is 0 Å². The maximum Gasteiger partial charge on any atom is 0.241 e. The van der Waals surface area contributed by atoms with E-state index in [1.807, 2.05) is 0 Å². The molecule has 0 aromatic rings. The van der Waals surface area contributed by atoms with Crippen molar-refractivity contribution in [3.8, 4) is 0 Å². The number of hydrogen-bond acceptors (Lipinski definition) is 7. The Morgan fingerprint density at radius 2 is 2.06 bits per heavy atom. The highest BCUT2D eigenvalue weighted by Gasteiger charge is 2.48. The normalized spacial score (nSPS) is 36.7. The molecule has 2 rings (SSSR count). The van der Waals surface area contributed by atoms with Gasteiger partial charge in [-0.3, -0.25) is 0 Å². The van der Waals surface area contributed by atoms with Gasteiger partial charge in [0.05, 0.1) is 30.5 Å². The van der Waals surface area contributed by atoms with Crippen LogP contribution >= 0.6 is 0 Å². The first-order valence-corrected chi connectivity index (χ1v) is 18.9. The molecule has 2 saturated heterocycles. The molecule has 2 heterocycles. The SMILES string of the molecule is C[SiH2]N([SiH2]N)[SiH2]N[SiH]1N([SiH3])[SiH2]N(C)[SiH]2N([SiH3])[SiH2]N12. The third-order valence-electron chi connectivity index (χ3n) is 3.85. The standard InChI is InChI=1S/C2H27N7Si9/c1-5-15-6(10)17(4-14-8(12-2)13-3)9-16-7(11)18(5)9/h4,17-18H,3,12-16H2,1-2,10-11H3. The van der Waals surface area contributed by atoms with Gasteiger partial charge >= 0.3 is 0 Å². The van der Waals surface area contributed by atoms with Gasteiger partial charge in [-0.15, -0.1) is 0 Å². The van der Waals surface area contributed by atoms with Crippen molar-refractivity contribution < 1.29 is 0 Å². The maximum absolute atomic E-state index is 5.96. The Labute approximate surface area is 131 Å². The fourth-order valence-corrected chi connectivity index (χ4v) is 51.9. The first-order valence-electron chi connectivity index (χ1n) is 6.60. The summed E-state index contributed by atoms with van der Waals surface area (Å²) in [5.74, 6) is 0. The summed E-state index contributed by atoms with van der Waals surface area (Å²) in [5.41, 5.74) is 0. The van der Waals surface area contributed by atoms with Crippen molar-refractivity contribution in [2.75, 3.05) is 7.05 Å². The predicted octanol–water partition coefficient (Wildman–Crippen LogP) is -10.2.